The maximum Gasteiger partial charge on any atom is 0.277 e. The molecular weight excluding hydrogens is 300 g/mol. The number of rotatable bonds is 3. The van der Waals surface area contributed by atoms with E-state index in [0.29, 0.717) is 0 Å². The van der Waals surface area contributed by atoms with Gasteiger partial charge >= 0.3 is 0 Å². The summed E-state index contributed by atoms with van der Waals surface area (Å²) >= 11 is 0. The van der Waals surface area contributed by atoms with Gasteiger partial charge in [0, 0.05) is 28.2 Å². The topological polar surface area (TPSA) is 90.6 Å². The van der Waals surface area contributed by atoms with Crippen molar-refractivity contribution in [2.75, 3.05) is 14.1 Å². The van der Waals surface area contributed by atoms with E-state index in [9.17, 15) is 19.5 Å². The smallest absolute Gasteiger partial charge is 0.277 e. The Bertz CT molecular complexity index is 788. The number of likely N-dealkylation sites (N-methyl/N-ethyl adjacent to an activating group) is 2. The molecule has 0 N–H and O–H groups in total. The molecule has 1 aromatic heterocycles. The Morgan fingerprint density at radius 2 is 1.39 bits per heavy atom. The van der Waals surface area contributed by atoms with E-state index in [0.717, 1.165) is 0 Å². The Morgan fingerprint density at radius 3 is 1.87 bits per heavy atom. The zero-order valence-electron chi connectivity index (χ0n) is 13.3. The predicted octanol–water partition coefficient (Wildman–Crippen LogP) is -0.861. The van der Waals surface area contributed by atoms with Gasteiger partial charge in [0.15, 0.2) is 0 Å². The Morgan fingerprint density at radius 1 is 0.826 bits per heavy atom. The maximum absolute atomic E-state index is 11.8. The van der Waals surface area contributed by atoms with Crippen molar-refractivity contribution >= 4 is 17.9 Å². The van der Waals surface area contributed by atoms with Gasteiger partial charge < -0.3 is 5.11 Å². The van der Waals surface area contributed by atoms with E-state index < -0.39 is 0 Å². The van der Waals surface area contributed by atoms with Crippen molar-refractivity contribution in [3.8, 4) is 5.88 Å². The number of carbonyl (C=O) groups excluding carboxylic acids is 2. The van der Waals surface area contributed by atoms with Crippen LogP contribution in [-0.2, 0) is 23.7 Å². The van der Waals surface area contributed by atoms with Crippen molar-refractivity contribution in [3.63, 3.8) is 0 Å². The van der Waals surface area contributed by atoms with Crippen LogP contribution in [0.2, 0.25) is 0 Å². The molecule has 122 valence electrons. The number of hydrogen-bond donors (Lipinski definition) is 0. The molecule has 0 bridgehead atoms. The van der Waals surface area contributed by atoms with Gasteiger partial charge in [-0.05, 0) is 18.0 Å². The standard InChI is InChI=1S/C15H18N4O4/c1-16-12(20)10(13(21)17(16)2)8-6-5-7-9-11-14(22)18(3)19(4)15(11)23/h5-9,20H,1-4H3/p-1. The number of aromatic nitrogens is 2. The molecule has 1 saturated heterocycles. The van der Waals surface area contributed by atoms with Crippen LogP contribution < -0.4 is 10.7 Å². The third-order valence-corrected chi connectivity index (χ3v) is 3.75. The van der Waals surface area contributed by atoms with E-state index in [1.807, 2.05) is 0 Å². The van der Waals surface area contributed by atoms with Crippen LogP contribution in [-0.4, -0.2) is 45.3 Å². The lowest BCUT2D eigenvalue weighted by Crippen LogP contribution is -2.33. The molecule has 8 heteroatoms. The van der Waals surface area contributed by atoms with Crippen LogP contribution in [0, 0.1) is 0 Å². The molecule has 0 spiro atoms. The van der Waals surface area contributed by atoms with Crippen molar-refractivity contribution in [1.82, 2.24) is 19.4 Å². The minimum Gasteiger partial charge on any atom is -0.858 e. The van der Waals surface area contributed by atoms with E-state index >= 15 is 0 Å². The zero-order valence-corrected chi connectivity index (χ0v) is 13.3. The lowest BCUT2D eigenvalue weighted by atomic mass is 10.2. The lowest BCUT2D eigenvalue weighted by molar-refractivity contribution is -0.280. The number of allylic oxidation sites excluding steroid dienone is 4. The van der Waals surface area contributed by atoms with E-state index in [1.165, 1.54) is 78.0 Å². The van der Waals surface area contributed by atoms with Gasteiger partial charge in [-0.1, -0.05) is 18.2 Å². The number of amides is 2. The summed E-state index contributed by atoms with van der Waals surface area (Å²) in [4.78, 5) is 35.4. The molecule has 2 rings (SSSR count). The largest absolute Gasteiger partial charge is 0.858 e. The van der Waals surface area contributed by atoms with Crippen molar-refractivity contribution in [2.24, 2.45) is 14.1 Å². The molecule has 0 unspecified atom stereocenters. The minimum atomic E-state index is -0.384. The van der Waals surface area contributed by atoms with Crippen LogP contribution in [0.5, 0.6) is 5.88 Å². The maximum atomic E-state index is 11.8. The summed E-state index contributed by atoms with van der Waals surface area (Å²) in [6.45, 7) is 0. The van der Waals surface area contributed by atoms with E-state index in [4.69, 9.17) is 0 Å². The second kappa shape index (κ2) is 5.99. The zero-order chi connectivity index (χ0) is 17.3. The fourth-order valence-corrected chi connectivity index (χ4v) is 2.08. The lowest BCUT2D eigenvalue weighted by Gasteiger charge is -2.16. The van der Waals surface area contributed by atoms with Crippen LogP contribution in [0.4, 0.5) is 0 Å². The van der Waals surface area contributed by atoms with Crippen molar-refractivity contribution in [2.45, 2.75) is 0 Å². The van der Waals surface area contributed by atoms with Gasteiger partial charge in [0.1, 0.15) is 5.57 Å². The van der Waals surface area contributed by atoms with Crippen LogP contribution in [0.15, 0.2) is 34.7 Å². The summed E-state index contributed by atoms with van der Waals surface area (Å²) in [6, 6.07) is 0. The van der Waals surface area contributed by atoms with Crippen LogP contribution in [0.3, 0.4) is 0 Å². The average Bonchev–Trinajstić information content (AvgIpc) is 2.83. The Balaban J connectivity index is 2.16. The second-order valence-corrected chi connectivity index (χ2v) is 5.05. The number of hydrogen-bond acceptors (Lipinski definition) is 4. The molecule has 0 aliphatic carbocycles. The quantitative estimate of drug-likeness (QED) is 0.412. The molecule has 0 saturated carbocycles. The highest BCUT2D eigenvalue weighted by Crippen LogP contribution is 2.15. The monoisotopic (exact) mass is 317 g/mol. The van der Waals surface area contributed by atoms with Gasteiger partial charge in [-0.25, -0.2) is 0 Å². The van der Waals surface area contributed by atoms with E-state index in [1.54, 1.807) is 0 Å². The number of hydrazine groups is 1. The van der Waals surface area contributed by atoms with Crippen LogP contribution in [0.25, 0.3) is 6.08 Å². The van der Waals surface area contributed by atoms with Gasteiger partial charge in [0.25, 0.3) is 17.4 Å². The van der Waals surface area contributed by atoms with Crippen molar-refractivity contribution in [3.05, 3.63) is 45.8 Å². The van der Waals surface area contributed by atoms with E-state index in [-0.39, 0.29) is 34.4 Å². The highest BCUT2D eigenvalue weighted by atomic mass is 16.3. The fraction of sp³-hybridized carbons (Fsp3) is 0.267. The van der Waals surface area contributed by atoms with Crippen LogP contribution >= 0.6 is 0 Å². The summed E-state index contributed by atoms with van der Waals surface area (Å²) in [7, 11) is 6.02. The molecular formula is C15H17N4O4-. The summed E-state index contributed by atoms with van der Waals surface area (Å²) in [5.74, 6) is -1.15. The third-order valence-electron chi connectivity index (χ3n) is 3.75. The normalized spacial score (nSPS) is 15.7. The molecule has 1 fully saturated rings. The second-order valence-electron chi connectivity index (χ2n) is 5.05. The summed E-state index contributed by atoms with van der Waals surface area (Å²) < 4.78 is 2.43. The molecule has 0 radical (unpaired) electrons. The molecule has 2 heterocycles. The molecule has 1 aromatic rings. The van der Waals surface area contributed by atoms with Gasteiger partial charge in [-0.3, -0.25) is 33.8 Å². The van der Waals surface area contributed by atoms with Crippen LogP contribution in [0.1, 0.15) is 5.56 Å². The molecule has 1 aliphatic rings. The van der Waals surface area contributed by atoms with Crippen molar-refractivity contribution in [1.29, 1.82) is 0 Å². The van der Waals surface area contributed by atoms with Gasteiger partial charge in [-0.15, -0.1) is 0 Å². The summed E-state index contributed by atoms with van der Waals surface area (Å²) in [6.07, 6.45) is 7.35. The fourth-order valence-electron chi connectivity index (χ4n) is 2.08. The molecule has 1 aliphatic heterocycles. The first-order chi connectivity index (χ1) is 10.8. The summed E-state index contributed by atoms with van der Waals surface area (Å²) in [5.41, 5.74) is -0.274. The van der Waals surface area contributed by atoms with Gasteiger partial charge in [0.05, 0.1) is 5.56 Å². The summed E-state index contributed by atoms with van der Waals surface area (Å²) in [5, 5.41) is 14.2. The first-order valence-corrected chi connectivity index (χ1v) is 6.81. The van der Waals surface area contributed by atoms with Gasteiger partial charge in [0.2, 0.25) is 0 Å². The minimum absolute atomic E-state index is 0.0554. The Labute approximate surface area is 132 Å². The molecule has 8 nitrogen and oxygen atoms in total. The number of nitrogens with zero attached hydrogens (tertiary/aromatic N) is 4. The molecule has 2 amide bonds. The first kappa shape index (κ1) is 16.3. The third kappa shape index (κ3) is 2.70. The average molecular weight is 317 g/mol. The highest BCUT2D eigenvalue weighted by Gasteiger charge is 2.35. The molecule has 23 heavy (non-hydrogen) atoms. The Kier molecular flexibility index (Phi) is 4.26. The van der Waals surface area contributed by atoms with Crippen molar-refractivity contribution < 1.29 is 14.7 Å². The highest BCUT2D eigenvalue weighted by molar-refractivity contribution is 6.22. The molecule has 0 atom stereocenters. The first-order valence-electron chi connectivity index (χ1n) is 6.81. The Hall–Kier alpha value is -3.03. The number of carbonyl (C=O) groups is 2. The molecule has 0 aromatic carbocycles. The van der Waals surface area contributed by atoms with Gasteiger partial charge in [-0.2, -0.15) is 0 Å². The van der Waals surface area contributed by atoms with E-state index in [2.05, 4.69) is 0 Å². The predicted molar refractivity (Wildman–Crippen MR) is 81.9 cm³/mol. The SMILES string of the molecule is CN1C(=O)C(=CC=CC=Cc2c([O-])n(C)n(C)c2=O)C(=O)N1C.